The molecule has 1 aromatic heterocycles. The Balaban J connectivity index is 1.95. The number of aromatic nitrogens is 3. The summed E-state index contributed by atoms with van der Waals surface area (Å²) in [6.07, 6.45) is 6.13. The molecule has 5 heteroatoms. The number of hydrogen-bond donors (Lipinski definition) is 0. The van der Waals surface area contributed by atoms with Crippen molar-refractivity contribution in [2.75, 3.05) is 13.1 Å². The first kappa shape index (κ1) is 11.3. The number of likely N-dealkylation sites (tertiary alicyclic amines) is 1. The van der Waals surface area contributed by atoms with Crippen molar-refractivity contribution < 1.29 is 4.79 Å². The fourth-order valence-corrected chi connectivity index (χ4v) is 2.36. The highest BCUT2D eigenvalue weighted by Crippen LogP contribution is 2.18. The number of carbonyl (C=O) groups excluding carboxylic acids is 1. The van der Waals surface area contributed by atoms with E-state index in [-0.39, 0.29) is 0 Å². The third kappa shape index (κ3) is 2.47. The summed E-state index contributed by atoms with van der Waals surface area (Å²) in [5, 5.41) is 7.73. The van der Waals surface area contributed by atoms with Crippen molar-refractivity contribution in [3.05, 3.63) is 11.9 Å². The molecular weight excluding hydrogens is 204 g/mol. The zero-order valence-electron chi connectivity index (χ0n) is 9.67. The van der Waals surface area contributed by atoms with Crippen molar-refractivity contribution in [2.24, 2.45) is 0 Å². The van der Waals surface area contributed by atoms with E-state index >= 15 is 0 Å². The summed E-state index contributed by atoms with van der Waals surface area (Å²) in [5.41, 5.74) is 0.417. The quantitative estimate of drug-likeness (QED) is 0.696. The van der Waals surface area contributed by atoms with Gasteiger partial charge in [0.15, 0.2) is 6.29 Å². The van der Waals surface area contributed by atoms with E-state index in [1.54, 1.807) is 10.9 Å². The van der Waals surface area contributed by atoms with E-state index in [2.05, 4.69) is 22.1 Å². The third-order valence-corrected chi connectivity index (χ3v) is 3.08. The van der Waals surface area contributed by atoms with Gasteiger partial charge in [-0.25, -0.2) is 0 Å². The molecule has 1 fully saturated rings. The summed E-state index contributed by atoms with van der Waals surface area (Å²) in [5.74, 6) is 0. The molecule has 1 aliphatic heterocycles. The lowest BCUT2D eigenvalue weighted by Gasteiger charge is -2.23. The lowest BCUT2D eigenvalue weighted by atomic mass is 10.2. The first-order valence-electron chi connectivity index (χ1n) is 5.93. The Morgan fingerprint density at radius 1 is 1.62 bits per heavy atom. The van der Waals surface area contributed by atoms with E-state index in [9.17, 15) is 4.79 Å². The van der Waals surface area contributed by atoms with Crippen LogP contribution in [0.3, 0.4) is 0 Å². The van der Waals surface area contributed by atoms with Gasteiger partial charge < -0.3 is 0 Å². The SMILES string of the molecule is CCCN1CCCC1Cn1cc(C=O)nn1. The van der Waals surface area contributed by atoms with E-state index in [1.165, 1.54) is 25.8 Å². The van der Waals surface area contributed by atoms with Crippen LogP contribution in [0, 0.1) is 0 Å². The van der Waals surface area contributed by atoms with Gasteiger partial charge >= 0.3 is 0 Å². The maximum absolute atomic E-state index is 10.5. The fraction of sp³-hybridized carbons (Fsp3) is 0.727. The molecule has 88 valence electrons. The molecule has 0 radical (unpaired) electrons. The van der Waals surface area contributed by atoms with Crippen molar-refractivity contribution in [3.63, 3.8) is 0 Å². The Morgan fingerprint density at radius 3 is 3.19 bits per heavy atom. The molecule has 1 aromatic rings. The monoisotopic (exact) mass is 222 g/mol. The molecule has 2 rings (SSSR count). The predicted octanol–water partition coefficient (Wildman–Crippen LogP) is 0.965. The smallest absolute Gasteiger partial charge is 0.171 e. The molecule has 0 aromatic carbocycles. The summed E-state index contributed by atoms with van der Waals surface area (Å²) in [7, 11) is 0. The van der Waals surface area contributed by atoms with Crippen LogP contribution in [0.25, 0.3) is 0 Å². The predicted molar refractivity (Wildman–Crippen MR) is 60.3 cm³/mol. The van der Waals surface area contributed by atoms with Gasteiger partial charge in [-0.2, -0.15) is 0 Å². The summed E-state index contributed by atoms with van der Waals surface area (Å²) < 4.78 is 1.78. The normalized spacial score (nSPS) is 21.4. The van der Waals surface area contributed by atoms with Crippen molar-refractivity contribution in [1.29, 1.82) is 0 Å². The minimum Gasteiger partial charge on any atom is -0.299 e. The second-order valence-corrected chi connectivity index (χ2v) is 4.32. The van der Waals surface area contributed by atoms with Crippen LogP contribution >= 0.6 is 0 Å². The van der Waals surface area contributed by atoms with Crippen molar-refractivity contribution in [3.8, 4) is 0 Å². The molecule has 1 atom stereocenters. The van der Waals surface area contributed by atoms with Gasteiger partial charge in [0, 0.05) is 6.04 Å². The molecule has 1 saturated heterocycles. The fourth-order valence-electron chi connectivity index (χ4n) is 2.36. The van der Waals surface area contributed by atoms with Crippen LogP contribution in [0.15, 0.2) is 6.20 Å². The van der Waals surface area contributed by atoms with E-state index < -0.39 is 0 Å². The van der Waals surface area contributed by atoms with Gasteiger partial charge in [-0.3, -0.25) is 14.4 Å². The number of nitrogens with zero attached hydrogens (tertiary/aromatic N) is 4. The number of carbonyl (C=O) groups is 1. The second kappa shape index (κ2) is 5.21. The van der Waals surface area contributed by atoms with E-state index in [4.69, 9.17) is 0 Å². The van der Waals surface area contributed by atoms with Crippen LogP contribution in [0.4, 0.5) is 0 Å². The van der Waals surface area contributed by atoms with Gasteiger partial charge in [0.05, 0.1) is 12.7 Å². The summed E-state index contributed by atoms with van der Waals surface area (Å²) in [6.45, 7) is 5.39. The molecule has 0 bridgehead atoms. The van der Waals surface area contributed by atoms with Gasteiger partial charge in [0.2, 0.25) is 0 Å². The largest absolute Gasteiger partial charge is 0.299 e. The Bertz CT molecular complexity index is 350. The Morgan fingerprint density at radius 2 is 2.50 bits per heavy atom. The van der Waals surface area contributed by atoms with Gasteiger partial charge in [0.25, 0.3) is 0 Å². The Kier molecular flexibility index (Phi) is 3.66. The van der Waals surface area contributed by atoms with E-state index in [0.717, 1.165) is 19.4 Å². The Labute approximate surface area is 95.4 Å². The molecule has 1 unspecified atom stereocenters. The van der Waals surface area contributed by atoms with E-state index in [0.29, 0.717) is 11.7 Å². The second-order valence-electron chi connectivity index (χ2n) is 4.32. The molecule has 1 aliphatic rings. The van der Waals surface area contributed by atoms with Crippen LogP contribution in [0.5, 0.6) is 0 Å². The number of hydrogen-bond acceptors (Lipinski definition) is 4. The molecular formula is C11H18N4O. The zero-order valence-corrected chi connectivity index (χ0v) is 9.67. The van der Waals surface area contributed by atoms with Crippen LogP contribution in [-0.2, 0) is 6.54 Å². The Hall–Kier alpha value is -1.23. The van der Waals surface area contributed by atoms with Crippen molar-refractivity contribution in [2.45, 2.75) is 38.8 Å². The van der Waals surface area contributed by atoms with Crippen LogP contribution in [0.2, 0.25) is 0 Å². The first-order valence-corrected chi connectivity index (χ1v) is 5.93. The minimum atomic E-state index is 0.417. The van der Waals surface area contributed by atoms with Crippen LogP contribution in [0.1, 0.15) is 36.7 Å². The zero-order chi connectivity index (χ0) is 11.4. The van der Waals surface area contributed by atoms with Gasteiger partial charge in [-0.1, -0.05) is 12.1 Å². The highest BCUT2D eigenvalue weighted by atomic mass is 16.1. The molecule has 5 nitrogen and oxygen atoms in total. The summed E-state index contributed by atoms with van der Waals surface area (Å²) in [4.78, 5) is 13.0. The summed E-state index contributed by atoms with van der Waals surface area (Å²) in [6, 6.07) is 0.557. The first-order chi connectivity index (χ1) is 7.83. The molecule has 0 saturated carbocycles. The molecule has 16 heavy (non-hydrogen) atoms. The third-order valence-electron chi connectivity index (χ3n) is 3.08. The van der Waals surface area contributed by atoms with E-state index in [1.807, 2.05) is 0 Å². The summed E-state index contributed by atoms with van der Waals surface area (Å²) >= 11 is 0. The highest BCUT2D eigenvalue weighted by Gasteiger charge is 2.24. The molecule has 0 N–H and O–H groups in total. The molecule has 2 heterocycles. The van der Waals surface area contributed by atoms with Crippen LogP contribution < -0.4 is 0 Å². The number of aldehydes is 1. The maximum atomic E-state index is 10.5. The minimum absolute atomic E-state index is 0.417. The highest BCUT2D eigenvalue weighted by molar-refractivity contribution is 5.70. The van der Waals surface area contributed by atoms with Crippen LogP contribution in [-0.4, -0.2) is 45.3 Å². The molecule has 0 spiro atoms. The van der Waals surface area contributed by atoms with Crippen molar-refractivity contribution >= 4 is 6.29 Å². The standard InChI is InChI=1S/C11H18N4O/c1-2-5-14-6-3-4-11(14)8-15-7-10(9-16)12-13-15/h7,9,11H,2-6,8H2,1H3. The lowest BCUT2D eigenvalue weighted by molar-refractivity contribution is 0.111. The lowest BCUT2D eigenvalue weighted by Crippen LogP contribution is -2.33. The van der Waals surface area contributed by atoms with Crippen molar-refractivity contribution in [1.82, 2.24) is 19.9 Å². The maximum Gasteiger partial charge on any atom is 0.171 e. The van der Waals surface area contributed by atoms with Gasteiger partial charge in [0.1, 0.15) is 5.69 Å². The van der Waals surface area contributed by atoms with Gasteiger partial charge in [-0.05, 0) is 32.4 Å². The average Bonchev–Trinajstić information content (AvgIpc) is 2.90. The van der Waals surface area contributed by atoms with Gasteiger partial charge in [-0.15, -0.1) is 5.10 Å². The average molecular weight is 222 g/mol. The molecule has 0 aliphatic carbocycles. The number of rotatable bonds is 5. The molecule has 0 amide bonds. The topological polar surface area (TPSA) is 51.0 Å².